The van der Waals surface area contributed by atoms with Crippen LogP contribution in [-0.2, 0) is 4.74 Å². The summed E-state index contributed by atoms with van der Waals surface area (Å²) in [6.07, 6.45) is 7.30. The summed E-state index contributed by atoms with van der Waals surface area (Å²) in [6, 6.07) is 31.8. The van der Waals surface area contributed by atoms with Crippen molar-refractivity contribution in [3.05, 3.63) is 108 Å². The van der Waals surface area contributed by atoms with Crippen molar-refractivity contribution in [1.29, 1.82) is 0 Å². The first-order valence-corrected chi connectivity index (χ1v) is 14.3. The lowest BCUT2D eigenvalue weighted by molar-refractivity contribution is -0.0902. The molecule has 0 bridgehead atoms. The van der Waals surface area contributed by atoms with Crippen LogP contribution in [0.4, 0.5) is 0 Å². The van der Waals surface area contributed by atoms with Gasteiger partial charge in [-0.05, 0) is 83.3 Å². The monoisotopic (exact) mass is 508 g/mol. The predicted octanol–water partition coefficient (Wildman–Crippen LogP) is 9.57. The van der Waals surface area contributed by atoms with Crippen LogP contribution in [0.2, 0.25) is 0 Å². The minimum Gasteiger partial charge on any atom is -0.491 e. The van der Waals surface area contributed by atoms with Crippen LogP contribution in [0.5, 0.6) is 11.5 Å². The van der Waals surface area contributed by atoms with Crippen LogP contribution in [0, 0.1) is 0 Å². The SMILES string of the molecule is CCC(C)c1ccc(OC(OCCOc2ccc(C3CCCCC3)cc2)c2ccc3ccccc3c2)cc1. The van der Waals surface area contributed by atoms with Gasteiger partial charge in [-0.3, -0.25) is 0 Å². The molecule has 0 N–H and O–H groups in total. The van der Waals surface area contributed by atoms with Gasteiger partial charge in [0, 0.05) is 5.56 Å². The molecule has 1 fully saturated rings. The number of hydrogen-bond acceptors (Lipinski definition) is 3. The molecule has 3 nitrogen and oxygen atoms in total. The Morgan fingerprint density at radius 2 is 1.39 bits per heavy atom. The van der Waals surface area contributed by atoms with Gasteiger partial charge in [0.15, 0.2) is 0 Å². The average molecular weight is 509 g/mol. The van der Waals surface area contributed by atoms with Crippen LogP contribution in [0.1, 0.15) is 87.2 Å². The van der Waals surface area contributed by atoms with Crippen molar-refractivity contribution in [2.45, 2.75) is 70.5 Å². The van der Waals surface area contributed by atoms with Gasteiger partial charge >= 0.3 is 0 Å². The molecular formula is C35H40O3. The van der Waals surface area contributed by atoms with E-state index in [1.54, 1.807) is 0 Å². The van der Waals surface area contributed by atoms with Crippen molar-refractivity contribution in [1.82, 2.24) is 0 Å². The van der Waals surface area contributed by atoms with E-state index in [9.17, 15) is 0 Å². The molecule has 0 aromatic heterocycles. The molecule has 38 heavy (non-hydrogen) atoms. The third kappa shape index (κ3) is 6.76. The first-order valence-electron chi connectivity index (χ1n) is 14.3. The van der Waals surface area contributed by atoms with Gasteiger partial charge in [-0.25, -0.2) is 0 Å². The molecule has 1 saturated carbocycles. The second-order valence-corrected chi connectivity index (χ2v) is 10.6. The molecular weight excluding hydrogens is 468 g/mol. The first kappa shape index (κ1) is 26.3. The van der Waals surface area contributed by atoms with E-state index < -0.39 is 6.29 Å². The predicted molar refractivity (Wildman–Crippen MR) is 156 cm³/mol. The quantitative estimate of drug-likeness (QED) is 0.149. The molecule has 0 aliphatic heterocycles. The first-order chi connectivity index (χ1) is 18.7. The van der Waals surface area contributed by atoms with Gasteiger partial charge in [0.2, 0.25) is 6.29 Å². The Morgan fingerprint density at radius 1 is 0.711 bits per heavy atom. The molecule has 4 aromatic carbocycles. The summed E-state index contributed by atoms with van der Waals surface area (Å²) < 4.78 is 18.7. The van der Waals surface area contributed by atoms with Gasteiger partial charge < -0.3 is 14.2 Å². The molecule has 0 heterocycles. The summed E-state index contributed by atoms with van der Waals surface area (Å²) in [5.41, 5.74) is 3.76. The molecule has 198 valence electrons. The Bertz CT molecular complexity index is 1270. The van der Waals surface area contributed by atoms with Crippen molar-refractivity contribution in [3.63, 3.8) is 0 Å². The maximum Gasteiger partial charge on any atom is 0.226 e. The zero-order valence-corrected chi connectivity index (χ0v) is 22.8. The second-order valence-electron chi connectivity index (χ2n) is 10.6. The van der Waals surface area contributed by atoms with E-state index in [0.29, 0.717) is 25.0 Å². The third-order valence-corrected chi connectivity index (χ3v) is 7.93. The molecule has 4 aromatic rings. The Kier molecular flexibility index (Phi) is 8.98. The fourth-order valence-corrected chi connectivity index (χ4v) is 5.37. The largest absolute Gasteiger partial charge is 0.491 e. The topological polar surface area (TPSA) is 27.7 Å². The lowest BCUT2D eigenvalue weighted by Gasteiger charge is -2.22. The van der Waals surface area contributed by atoms with Gasteiger partial charge in [-0.1, -0.05) is 93.8 Å². The van der Waals surface area contributed by atoms with Crippen LogP contribution in [0.25, 0.3) is 10.8 Å². The number of fused-ring (bicyclic) bond motifs is 1. The summed E-state index contributed by atoms with van der Waals surface area (Å²) in [6.45, 7) is 5.35. The van der Waals surface area contributed by atoms with Crippen LogP contribution < -0.4 is 9.47 Å². The third-order valence-electron chi connectivity index (χ3n) is 7.93. The molecule has 5 rings (SSSR count). The molecule has 1 aliphatic carbocycles. The van der Waals surface area contributed by atoms with Crippen molar-refractivity contribution in [2.75, 3.05) is 13.2 Å². The summed E-state index contributed by atoms with van der Waals surface area (Å²) in [7, 11) is 0. The van der Waals surface area contributed by atoms with E-state index in [-0.39, 0.29) is 0 Å². The van der Waals surface area contributed by atoms with Crippen LogP contribution in [0.3, 0.4) is 0 Å². The molecule has 2 unspecified atom stereocenters. The van der Waals surface area contributed by atoms with Crippen molar-refractivity contribution in [2.24, 2.45) is 0 Å². The van der Waals surface area contributed by atoms with E-state index >= 15 is 0 Å². The Hall–Kier alpha value is -3.30. The average Bonchev–Trinajstić information content (AvgIpc) is 2.99. The van der Waals surface area contributed by atoms with Crippen molar-refractivity contribution >= 4 is 10.8 Å². The summed E-state index contributed by atoms with van der Waals surface area (Å²) in [4.78, 5) is 0. The van der Waals surface area contributed by atoms with Gasteiger partial charge in [0.1, 0.15) is 18.1 Å². The maximum atomic E-state index is 6.38. The fourth-order valence-electron chi connectivity index (χ4n) is 5.37. The highest BCUT2D eigenvalue weighted by Crippen LogP contribution is 2.33. The van der Waals surface area contributed by atoms with Crippen LogP contribution in [0.15, 0.2) is 91.0 Å². The zero-order valence-electron chi connectivity index (χ0n) is 22.8. The maximum absolute atomic E-state index is 6.38. The Labute approximate surface area is 227 Å². The van der Waals surface area contributed by atoms with Crippen molar-refractivity contribution in [3.8, 4) is 11.5 Å². The van der Waals surface area contributed by atoms with Gasteiger partial charge in [0.25, 0.3) is 0 Å². The molecule has 0 radical (unpaired) electrons. The summed E-state index contributed by atoms with van der Waals surface area (Å²) in [5.74, 6) is 2.93. The van der Waals surface area contributed by atoms with Crippen LogP contribution in [-0.4, -0.2) is 13.2 Å². The minimum absolute atomic E-state index is 0.423. The zero-order chi connectivity index (χ0) is 26.2. The van der Waals surface area contributed by atoms with Gasteiger partial charge in [-0.15, -0.1) is 0 Å². The van der Waals surface area contributed by atoms with Gasteiger partial charge in [-0.2, -0.15) is 0 Å². The second kappa shape index (κ2) is 13.0. The van der Waals surface area contributed by atoms with E-state index in [0.717, 1.165) is 23.5 Å². The molecule has 0 amide bonds. The van der Waals surface area contributed by atoms with Gasteiger partial charge in [0.05, 0.1) is 6.61 Å². The minimum atomic E-state index is -0.522. The lowest BCUT2D eigenvalue weighted by Crippen LogP contribution is -2.16. The van der Waals surface area contributed by atoms with E-state index in [4.69, 9.17) is 14.2 Å². The normalized spacial score (nSPS) is 15.7. The smallest absolute Gasteiger partial charge is 0.226 e. The standard InChI is InChI=1S/C35H40O3/c1-3-26(2)27-15-21-34(22-16-27)38-35(32-14-13-29-11-7-8-12-31(29)25-32)37-24-23-36-33-19-17-30(18-20-33)28-9-5-4-6-10-28/h7-8,11-22,25-26,28,35H,3-6,9-10,23-24H2,1-2H3. The lowest BCUT2D eigenvalue weighted by atomic mass is 9.84. The van der Waals surface area contributed by atoms with E-state index in [2.05, 4.69) is 92.7 Å². The molecule has 3 heteroatoms. The number of ether oxygens (including phenoxy) is 3. The van der Waals surface area contributed by atoms with Crippen molar-refractivity contribution < 1.29 is 14.2 Å². The van der Waals surface area contributed by atoms with E-state index in [1.807, 2.05) is 12.1 Å². The highest BCUT2D eigenvalue weighted by Gasteiger charge is 2.17. The highest BCUT2D eigenvalue weighted by atomic mass is 16.7. The van der Waals surface area contributed by atoms with Crippen LogP contribution >= 0.6 is 0 Å². The molecule has 0 spiro atoms. The van der Waals surface area contributed by atoms with E-state index in [1.165, 1.54) is 54.0 Å². The summed E-state index contributed by atoms with van der Waals surface area (Å²) in [5, 5.41) is 2.37. The highest BCUT2D eigenvalue weighted by molar-refractivity contribution is 5.83. The molecule has 1 aliphatic rings. The molecule has 0 saturated heterocycles. The number of rotatable bonds is 11. The fraction of sp³-hybridized carbons (Fsp3) is 0.371. The molecule has 2 atom stereocenters. The number of benzene rings is 4. The Morgan fingerprint density at radius 3 is 2.13 bits per heavy atom. The summed E-state index contributed by atoms with van der Waals surface area (Å²) >= 11 is 0. The number of hydrogen-bond donors (Lipinski definition) is 0. The Balaban J connectivity index is 1.23.